The third-order valence-corrected chi connectivity index (χ3v) is 3.04. The molecule has 0 aromatic heterocycles. The monoisotopic (exact) mass is 272 g/mol. The molecule has 1 saturated heterocycles. The molecule has 1 aromatic carbocycles. The van der Waals surface area contributed by atoms with Crippen LogP contribution in [-0.2, 0) is 0 Å². The molecule has 5 heteroatoms. The zero-order valence-electron chi connectivity index (χ0n) is 10.3. The van der Waals surface area contributed by atoms with Crippen molar-refractivity contribution in [2.75, 3.05) is 13.1 Å². The number of aryl methyl sites for hydroxylation is 1. The molecule has 0 aliphatic carbocycles. The Labute approximate surface area is 113 Å². The number of carbonyl (C=O) groups is 1. The van der Waals surface area contributed by atoms with Gasteiger partial charge in [0.1, 0.15) is 5.82 Å². The van der Waals surface area contributed by atoms with Gasteiger partial charge in [-0.25, -0.2) is 4.39 Å². The van der Waals surface area contributed by atoms with E-state index < -0.39 is 5.82 Å². The summed E-state index contributed by atoms with van der Waals surface area (Å²) in [5.41, 5.74) is 0.935. The highest BCUT2D eigenvalue weighted by Crippen LogP contribution is 2.10. The van der Waals surface area contributed by atoms with E-state index in [0.29, 0.717) is 12.6 Å². The van der Waals surface area contributed by atoms with E-state index in [1.54, 1.807) is 13.0 Å². The molecule has 100 valence electrons. The highest BCUT2D eigenvalue weighted by molar-refractivity contribution is 5.94. The fourth-order valence-corrected chi connectivity index (χ4v) is 2.05. The quantitative estimate of drug-likeness (QED) is 0.884. The molecule has 3 nitrogen and oxygen atoms in total. The number of hydrogen-bond donors (Lipinski definition) is 2. The van der Waals surface area contributed by atoms with Crippen molar-refractivity contribution in [3.8, 4) is 0 Å². The zero-order chi connectivity index (χ0) is 12.3. The minimum atomic E-state index is -0.457. The number of hydrogen-bond acceptors (Lipinski definition) is 2. The number of nitrogens with one attached hydrogen (secondary N) is 2. The molecule has 1 heterocycles. The first-order chi connectivity index (χ1) is 8.16. The third kappa shape index (κ3) is 3.68. The van der Waals surface area contributed by atoms with Crippen molar-refractivity contribution in [2.45, 2.75) is 25.8 Å². The van der Waals surface area contributed by atoms with E-state index in [9.17, 15) is 9.18 Å². The van der Waals surface area contributed by atoms with Crippen LogP contribution in [0.1, 0.15) is 28.8 Å². The molecule has 0 bridgehead atoms. The van der Waals surface area contributed by atoms with Crippen LogP contribution in [0.3, 0.4) is 0 Å². The predicted molar refractivity (Wildman–Crippen MR) is 71.7 cm³/mol. The number of carbonyl (C=O) groups excluding carboxylic acids is 1. The maximum atomic E-state index is 13.5. The molecule has 1 fully saturated rings. The van der Waals surface area contributed by atoms with Gasteiger partial charge in [0.25, 0.3) is 5.91 Å². The van der Waals surface area contributed by atoms with E-state index >= 15 is 0 Å². The first-order valence-corrected chi connectivity index (χ1v) is 5.94. The van der Waals surface area contributed by atoms with Gasteiger partial charge in [-0.3, -0.25) is 4.79 Å². The fourth-order valence-electron chi connectivity index (χ4n) is 2.05. The molecule has 0 radical (unpaired) electrons. The second kappa shape index (κ2) is 6.71. The first-order valence-electron chi connectivity index (χ1n) is 5.94. The Bertz CT molecular complexity index is 419. The molecule has 0 spiro atoms. The Morgan fingerprint density at radius 2 is 2.33 bits per heavy atom. The number of halogens is 2. The van der Waals surface area contributed by atoms with Crippen molar-refractivity contribution < 1.29 is 9.18 Å². The lowest BCUT2D eigenvalue weighted by molar-refractivity contribution is 0.0946. The highest BCUT2D eigenvalue weighted by atomic mass is 35.5. The van der Waals surface area contributed by atoms with Gasteiger partial charge in [0.2, 0.25) is 0 Å². The molecule has 1 aromatic rings. The van der Waals surface area contributed by atoms with Gasteiger partial charge in [0.15, 0.2) is 0 Å². The van der Waals surface area contributed by atoms with E-state index in [-0.39, 0.29) is 23.9 Å². The zero-order valence-corrected chi connectivity index (χ0v) is 11.1. The summed E-state index contributed by atoms with van der Waals surface area (Å²) in [6, 6.07) is 4.98. The number of amides is 1. The van der Waals surface area contributed by atoms with Crippen molar-refractivity contribution in [1.82, 2.24) is 10.6 Å². The van der Waals surface area contributed by atoms with Gasteiger partial charge in [-0.1, -0.05) is 6.07 Å². The lowest BCUT2D eigenvalue weighted by Gasteiger charge is -2.11. The van der Waals surface area contributed by atoms with Gasteiger partial charge in [-0.05, 0) is 44.0 Å². The summed E-state index contributed by atoms with van der Waals surface area (Å²) in [4.78, 5) is 11.8. The summed E-state index contributed by atoms with van der Waals surface area (Å²) in [5, 5.41) is 6.04. The standard InChI is InChI=1S/C13H17FN2O.ClH/c1-9-4-5-11(12(14)7-9)13(17)16-8-10-3-2-6-15-10;/h4-5,7,10,15H,2-3,6,8H2,1H3,(H,16,17);1H. The summed E-state index contributed by atoms with van der Waals surface area (Å²) in [5.74, 6) is -0.793. The first kappa shape index (κ1) is 14.9. The third-order valence-electron chi connectivity index (χ3n) is 3.04. The van der Waals surface area contributed by atoms with Crippen molar-refractivity contribution in [3.05, 3.63) is 35.1 Å². The van der Waals surface area contributed by atoms with Crippen LogP contribution in [-0.4, -0.2) is 25.0 Å². The van der Waals surface area contributed by atoms with Crippen LogP contribution < -0.4 is 10.6 Å². The van der Waals surface area contributed by atoms with Gasteiger partial charge >= 0.3 is 0 Å². The van der Waals surface area contributed by atoms with Gasteiger partial charge in [-0.15, -0.1) is 12.4 Å². The Morgan fingerprint density at radius 3 is 2.94 bits per heavy atom. The van der Waals surface area contributed by atoms with Crippen molar-refractivity contribution in [2.24, 2.45) is 0 Å². The van der Waals surface area contributed by atoms with Gasteiger partial charge in [-0.2, -0.15) is 0 Å². The predicted octanol–water partition coefficient (Wildman–Crippen LogP) is 2.04. The molecule has 2 N–H and O–H groups in total. The van der Waals surface area contributed by atoms with Crippen molar-refractivity contribution in [1.29, 1.82) is 0 Å². The summed E-state index contributed by atoms with van der Waals surface area (Å²) in [6.45, 7) is 3.36. The van der Waals surface area contributed by atoms with Crippen LogP contribution in [0, 0.1) is 12.7 Å². The molecular weight excluding hydrogens is 255 g/mol. The van der Waals surface area contributed by atoms with Gasteiger partial charge < -0.3 is 10.6 Å². The van der Waals surface area contributed by atoms with E-state index in [0.717, 1.165) is 24.9 Å². The normalized spacial score (nSPS) is 18.2. The van der Waals surface area contributed by atoms with E-state index in [4.69, 9.17) is 0 Å². The Morgan fingerprint density at radius 1 is 1.56 bits per heavy atom. The average molecular weight is 273 g/mol. The van der Waals surface area contributed by atoms with Crippen LogP contribution in [0.5, 0.6) is 0 Å². The molecule has 1 aliphatic rings. The van der Waals surface area contributed by atoms with E-state index in [2.05, 4.69) is 10.6 Å². The molecule has 1 atom stereocenters. The maximum Gasteiger partial charge on any atom is 0.254 e. The highest BCUT2D eigenvalue weighted by Gasteiger charge is 2.16. The molecule has 0 saturated carbocycles. The van der Waals surface area contributed by atoms with E-state index in [1.807, 2.05) is 0 Å². The number of rotatable bonds is 3. The SMILES string of the molecule is Cc1ccc(C(=O)NCC2CCCN2)c(F)c1.Cl. The smallest absolute Gasteiger partial charge is 0.254 e. The summed E-state index contributed by atoms with van der Waals surface area (Å²) < 4.78 is 13.5. The Hall–Kier alpha value is -1.13. The molecular formula is C13H18ClFN2O. The lowest BCUT2D eigenvalue weighted by atomic mass is 10.1. The fraction of sp³-hybridized carbons (Fsp3) is 0.462. The molecule has 18 heavy (non-hydrogen) atoms. The molecule has 2 rings (SSSR count). The van der Waals surface area contributed by atoms with Gasteiger partial charge in [0, 0.05) is 12.6 Å². The number of benzene rings is 1. The van der Waals surface area contributed by atoms with Crippen LogP contribution in [0.25, 0.3) is 0 Å². The molecule has 1 aliphatic heterocycles. The largest absolute Gasteiger partial charge is 0.350 e. The van der Waals surface area contributed by atoms with E-state index in [1.165, 1.54) is 12.1 Å². The summed E-state index contributed by atoms with van der Waals surface area (Å²) in [6.07, 6.45) is 2.20. The summed E-state index contributed by atoms with van der Waals surface area (Å²) in [7, 11) is 0. The second-order valence-corrected chi connectivity index (χ2v) is 4.49. The minimum Gasteiger partial charge on any atom is -0.350 e. The van der Waals surface area contributed by atoms with Crippen LogP contribution in [0.4, 0.5) is 4.39 Å². The lowest BCUT2D eigenvalue weighted by Crippen LogP contribution is -2.37. The van der Waals surface area contributed by atoms with Crippen molar-refractivity contribution in [3.63, 3.8) is 0 Å². The maximum absolute atomic E-state index is 13.5. The average Bonchev–Trinajstić information content (AvgIpc) is 2.78. The molecule has 1 unspecified atom stereocenters. The van der Waals surface area contributed by atoms with Gasteiger partial charge in [0.05, 0.1) is 5.56 Å². The Kier molecular flexibility index (Phi) is 5.56. The second-order valence-electron chi connectivity index (χ2n) is 4.49. The van der Waals surface area contributed by atoms with Crippen LogP contribution >= 0.6 is 12.4 Å². The summed E-state index contributed by atoms with van der Waals surface area (Å²) >= 11 is 0. The topological polar surface area (TPSA) is 41.1 Å². The molecule has 1 amide bonds. The Balaban J connectivity index is 0.00000162. The van der Waals surface area contributed by atoms with Crippen LogP contribution in [0.2, 0.25) is 0 Å². The van der Waals surface area contributed by atoms with Crippen LogP contribution in [0.15, 0.2) is 18.2 Å². The van der Waals surface area contributed by atoms with Crippen molar-refractivity contribution >= 4 is 18.3 Å². The minimum absolute atomic E-state index is 0.